The fourth-order valence-electron chi connectivity index (χ4n) is 3.12. The Bertz CT molecular complexity index is 557. The molecule has 2 saturated heterocycles. The molecule has 2 aliphatic heterocycles. The summed E-state index contributed by atoms with van der Waals surface area (Å²) < 4.78 is 27.0. The minimum absolute atomic E-state index is 0.117. The van der Waals surface area contributed by atoms with Crippen LogP contribution in [0.5, 0.6) is 0 Å². The van der Waals surface area contributed by atoms with Gasteiger partial charge in [0, 0.05) is 25.2 Å². The van der Waals surface area contributed by atoms with Crippen LogP contribution >= 0.6 is 11.3 Å². The Hall–Kier alpha value is -0.500. The lowest BCUT2D eigenvalue weighted by Gasteiger charge is -2.34. The Morgan fingerprint density at radius 1 is 1.37 bits per heavy atom. The molecular weight excluding hydrogens is 282 g/mol. The SMILES string of the molecule is Cc1ncc(S(=O)(=O)N(C)C2CC3CCC(C2)N3)s1. The van der Waals surface area contributed by atoms with E-state index in [2.05, 4.69) is 10.3 Å². The second-order valence-electron chi connectivity index (χ2n) is 5.48. The fourth-order valence-corrected chi connectivity index (χ4v) is 5.80. The van der Waals surface area contributed by atoms with Crippen molar-refractivity contribution in [2.75, 3.05) is 7.05 Å². The van der Waals surface area contributed by atoms with Crippen molar-refractivity contribution in [2.45, 2.75) is 54.9 Å². The van der Waals surface area contributed by atoms with Crippen molar-refractivity contribution in [3.05, 3.63) is 11.2 Å². The van der Waals surface area contributed by atoms with Crippen LogP contribution in [-0.2, 0) is 10.0 Å². The van der Waals surface area contributed by atoms with E-state index in [1.54, 1.807) is 11.4 Å². The summed E-state index contributed by atoms with van der Waals surface area (Å²) in [6.45, 7) is 1.83. The third-order valence-electron chi connectivity index (χ3n) is 4.20. The second-order valence-corrected chi connectivity index (χ2v) is 8.94. The molecule has 0 aromatic carbocycles. The van der Waals surface area contributed by atoms with E-state index in [0.717, 1.165) is 17.8 Å². The largest absolute Gasteiger partial charge is 0.311 e. The van der Waals surface area contributed by atoms with Crippen LogP contribution in [0.1, 0.15) is 30.7 Å². The first-order valence-corrected chi connectivity index (χ1v) is 8.89. The number of nitrogens with one attached hydrogen (secondary N) is 1. The van der Waals surface area contributed by atoms with Crippen LogP contribution < -0.4 is 5.32 Å². The Morgan fingerprint density at radius 3 is 2.53 bits per heavy atom. The topological polar surface area (TPSA) is 62.3 Å². The highest BCUT2D eigenvalue weighted by Crippen LogP contribution is 2.32. The summed E-state index contributed by atoms with van der Waals surface area (Å²) in [5.74, 6) is 0. The molecule has 106 valence electrons. The molecule has 3 heterocycles. The van der Waals surface area contributed by atoms with E-state index in [0.29, 0.717) is 16.3 Å². The number of hydrogen-bond donors (Lipinski definition) is 1. The van der Waals surface area contributed by atoms with Crippen LogP contribution in [0.2, 0.25) is 0 Å². The smallest absolute Gasteiger partial charge is 0.254 e. The lowest BCUT2D eigenvalue weighted by molar-refractivity contribution is 0.252. The molecule has 0 spiro atoms. The van der Waals surface area contributed by atoms with Gasteiger partial charge in [-0.2, -0.15) is 4.31 Å². The third-order valence-corrected chi connectivity index (χ3v) is 7.46. The van der Waals surface area contributed by atoms with Gasteiger partial charge in [0.25, 0.3) is 10.0 Å². The van der Waals surface area contributed by atoms with Crippen molar-refractivity contribution < 1.29 is 8.42 Å². The van der Waals surface area contributed by atoms with E-state index >= 15 is 0 Å². The molecule has 3 rings (SSSR count). The maximum atomic E-state index is 12.6. The summed E-state index contributed by atoms with van der Waals surface area (Å²) in [6, 6.07) is 1.10. The lowest BCUT2D eigenvalue weighted by Crippen LogP contribution is -2.48. The van der Waals surface area contributed by atoms with Crippen molar-refractivity contribution in [1.29, 1.82) is 0 Å². The maximum Gasteiger partial charge on any atom is 0.254 e. The first kappa shape index (κ1) is 13.5. The fraction of sp³-hybridized carbons (Fsp3) is 0.750. The molecule has 2 fully saturated rings. The molecule has 0 radical (unpaired) electrons. The van der Waals surface area contributed by atoms with Crippen molar-refractivity contribution in [1.82, 2.24) is 14.6 Å². The number of thiazole rings is 1. The van der Waals surface area contributed by atoms with Gasteiger partial charge in [0.2, 0.25) is 0 Å². The molecule has 7 heteroatoms. The lowest BCUT2D eigenvalue weighted by atomic mass is 10.0. The highest BCUT2D eigenvalue weighted by Gasteiger charge is 2.39. The average Bonchev–Trinajstić information content (AvgIpc) is 2.95. The first-order valence-electron chi connectivity index (χ1n) is 6.63. The summed E-state index contributed by atoms with van der Waals surface area (Å²) in [6.07, 6.45) is 5.67. The highest BCUT2D eigenvalue weighted by atomic mass is 32.2. The van der Waals surface area contributed by atoms with Crippen molar-refractivity contribution in [3.8, 4) is 0 Å². The van der Waals surface area contributed by atoms with Crippen LogP contribution in [-0.4, -0.2) is 42.9 Å². The third kappa shape index (κ3) is 2.44. The van der Waals surface area contributed by atoms with E-state index in [4.69, 9.17) is 0 Å². The maximum absolute atomic E-state index is 12.6. The minimum atomic E-state index is -3.38. The molecule has 1 N–H and O–H groups in total. The standard InChI is InChI=1S/C12H19N3O2S2/c1-8-13-7-12(18-8)19(16,17)15(2)11-5-9-3-4-10(6-11)14-9/h7,9-11,14H,3-6H2,1-2H3. The number of aromatic nitrogens is 1. The van der Waals surface area contributed by atoms with Crippen LogP contribution in [0.15, 0.2) is 10.4 Å². The summed E-state index contributed by atoms with van der Waals surface area (Å²) >= 11 is 1.25. The molecule has 0 aliphatic carbocycles. The van der Waals surface area contributed by atoms with Gasteiger partial charge < -0.3 is 5.32 Å². The molecule has 2 aliphatic rings. The van der Waals surface area contributed by atoms with Crippen molar-refractivity contribution in [3.63, 3.8) is 0 Å². The summed E-state index contributed by atoms with van der Waals surface area (Å²) in [4.78, 5) is 4.05. The van der Waals surface area contributed by atoms with E-state index in [1.807, 2.05) is 6.92 Å². The average molecular weight is 301 g/mol. The Labute approximate surface area is 118 Å². The number of sulfonamides is 1. The Kier molecular flexibility index (Phi) is 3.41. The number of piperidine rings is 1. The predicted octanol–water partition coefficient (Wildman–Crippen LogP) is 1.36. The van der Waals surface area contributed by atoms with Gasteiger partial charge in [-0.05, 0) is 32.6 Å². The number of fused-ring (bicyclic) bond motifs is 2. The molecule has 2 atom stereocenters. The van der Waals surface area contributed by atoms with Gasteiger partial charge in [-0.25, -0.2) is 13.4 Å². The summed E-state index contributed by atoms with van der Waals surface area (Å²) in [5, 5.41) is 4.33. The zero-order chi connectivity index (χ0) is 13.6. The van der Waals surface area contributed by atoms with Crippen LogP contribution in [0.3, 0.4) is 0 Å². The summed E-state index contributed by atoms with van der Waals surface area (Å²) in [7, 11) is -1.67. The minimum Gasteiger partial charge on any atom is -0.311 e. The van der Waals surface area contributed by atoms with Gasteiger partial charge in [-0.1, -0.05) is 0 Å². The number of hydrogen-bond acceptors (Lipinski definition) is 5. The van der Waals surface area contributed by atoms with Crippen molar-refractivity contribution in [2.24, 2.45) is 0 Å². The van der Waals surface area contributed by atoms with E-state index in [-0.39, 0.29) is 6.04 Å². The molecular formula is C12H19N3O2S2. The second kappa shape index (κ2) is 4.80. The van der Waals surface area contributed by atoms with Gasteiger partial charge in [0.05, 0.1) is 11.2 Å². The highest BCUT2D eigenvalue weighted by molar-refractivity contribution is 7.91. The van der Waals surface area contributed by atoms with Gasteiger partial charge in [0.1, 0.15) is 0 Å². The quantitative estimate of drug-likeness (QED) is 0.915. The van der Waals surface area contributed by atoms with Gasteiger partial charge in [-0.3, -0.25) is 0 Å². The van der Waals surface area contributed by atoms with E-state index in [1.165, 1.54) is 30.4 Å². The summed E-state index contributed by atoms with van der Waals surface area (Å²) in [5.41, 5.74) is 0. The normalized spacial score (nSPS) is 31.0. The van der Waals surface area contributed by atoms with Gasteiger partial charge in [0.15, 0.2) is 4.21 Å². The molecule has 5 nitrogen and oxygen atoms in total. The Morgan fingerprint density at radius 2 is 2.00 bits per heavy atom. The number of aryl methyl sites for hydroxylation is 1. The zero-order valence-electron chi connectivity index (χ0n) is 11.2. The molecule has 0 saturated carbocycles. The van der Waals surface area contributed by atoms with Gasteiger partial charge >= 0.3 is 0 Å². The van der Waals surface area contributed by atoms with E-state index < -0.39 is 10.0 Å². The van der Waals surface area contributed by atoms with E-state index in [9.17, 15) is 8.42 Å². The molecule has 1 aromatic heterocycles. The Balaban J connectivity index is 1.81. The number of nitrogens with zero attached hydrogens (tertiary/aromatic N) is 2. The number of rotatable bonds is 3. The molecule has 2 bridgehead atoms. The van der Waals surface area contributed by atoms with Crippen LogP contribution in [0.25, 0.3) is 0 Å². The monoisotopic (exact) mass is 301 g/mol. The van der Waals surface area contributed by atoms with Crippen LogP contribution in [0, 0.1) is 6.92 Å². The predicted molar refractivity (Wildman–Crippen MR) is 74.8 cm³/mol. The molecule has 19 heavy (non-hydrogen) atoms. The molecule has 2 unspecified atom stereocenters. The van der Waals surface area contributed by atoms with Gasteiger partial charge in [-0.15, -0.1) is 11.3 Å². The van der Waals surface area contributed by atoms with Crippen molar-refractivity contribution >= 4 is 21.4 Å². The van der Waals surface area contributed by atoms with Crippen LogP contribution in [0.4, 0.5) is 0 Å². The first-order chi connectivity index (χ1) is 8.96. The molecule has 0 amide bonds. The molecule has 1 aromatic rings. The zero-order valence-corrected chi connectivity index (χ0v) is 12.8.